The van der Waals surface area contributed by atoms with E-state index in [1.54, 1.807) is 11.3 Å². The van der Waals surface area contributed by atoms with Gasteiger partial charge in [0, 0.05) is 36.6 Å². The fourth-order valence-electron chi connectivity index (χ4n) is 4.23. The van der Waals surface area contributed by atoms with Crippen molar-refractivity contribution in [3.8, 4) is 0 Å². The maximum atomic E-state index is 13.5. The number of amides is 2. The van der Waals surface area contributed by atoms with Crippen molar-refractivity contribution >= 4 is 28.2 Å². The van der Waals surface area contributed by atoms with Gasteiger partial charge in [0.1, 0.15) is 5.00 Å². The summed E-state index contributed by atoms with van der Waals surface area (Å²) in [7, 11) is 2.09. The molecule has 2 aliphatic rings. The van der Waals surface area contributed by atoms with E-state index in [1.165, 1.54) is 4.88 Å². The van der Waals surface area contributed by atoms with Gasteiger partial charge in [-0.2, -0.15) is 0 Å². The minimum Gasteiger partial charge on any atom is -0.336 e. The highest BCUT2D eigenvalue weighted by atomic mass is 32.1. The SMILES string of the molecule is Cc1ccccc1C(=O)Nc1sc2c(c1C(=O)N1CCN(C)CC1)CC[C@H](C)C2. The van der Waals surface area contributed by atoms with Gasteiger partial charge in [-0.05, 0) is 56.3 Å². The Bertz CT molecular complexity index is 928. The molecule has 1 aliphatic carbocycles. The molecule has 0 saturated carbocycles. The van der Waals surface area contributed by atoms with E-state index in [2.05, 4.69) is 24.2 Å². The Hall–Kier alpha value is -2.18. The molecule has 6 heteroatoms. The Morgan fingerprint density at radius 1 is 1.14 bits per heavy atom. The summed E-state index contributed by atoms with van der Waals surface area (Å²) in [6.07, 6.45) is 3.00. The van der Waals surface area contributed by atoms with Gasteiger partial charge in [0.15, 0.2) is 0 Å². The monoisotopic (exact) mass is 411 g/mol. The molecule has 0 spiro atoms. The summed E-state index contributed by atoms with van der Waals surface area (Å²) in [5, 5.41) is 3.81. The molecule has 2 amide bonds. The molecule has 5 nitrogen and oxygen atoms in total. The number of benzene rings is 1. The van der Waals surface area contributed by atoms with Crippen molar-refractivity contribution in [1.29, 1.82) is 0 Å². The third-order valence-electron chi connectivity index (χ3n) is 6.13. The molecular formula is C23H29N3O2S. The van der Waals surface area contributed by atoms with Crippen LogP contribution in [0.1, 0.15) is 50.1 Å². The molecule has 1 atom stereocenters. The van der Waals surface area contributed by atoms with Crippen LogP contribution in [0.25, 0.3) is 0 Å². The first-order valence-corrected chi connectivity index (χ1v) is 11.2. The number of nitrogens with zero attached hydrogens (tertiary/aromatic N) is 2. The number of anilines is 1. The van der Waals surface area contributed by atoms with Crippen LogP contribution in [0.2, 0.25) is 0 Å². The third-order valence-corrected chi connectivity index (χ3v) is 7.30. The largest absolute Gasteiger partial charge is 0.336 e. The van der Waals surface area contributed by atoms with Crippen LogP contribution < -0.4 is 5.32 Å². The maximum absolute atomic E-state index is 13.5. The molecule has 0 bridgehead atoms. The smallest absolute Gasteiger partial charge is 0.257 e. The number of nitrogens with one attached hydrogen (secondary N) is 1. The topological polar surface area (TPSA) is 52.7 Å². The normalized spacial score (nSPS) is 19.7. The highest BCUT2D eigenvalue weighted by Gasteiger charge is 2.31. The van der Waals surface area contributed by atoms with E-state index in [0.29, 0.717) is 11.5 Å². The second-order valence-corrected chi connectivity index (χ2v) is 9.53. The van der Waals surface area contributed by atoms with Crippen molar-refractivity contribution in [2.75, 3.05) is 38.5 Å². The lowest BCUT2D eigenvalue weighted by Crippen LogP contribution is -2.47. The summed E-state index contributed by atoms with van der Waals surface area (Å²) in [6, 6.07) is 7.58. The molecule has 2 aromatic rings. The second kappa shape index (κ2) is 8.28. The average molecular weight is 412 g/mol. The number of carbonyl (C=O) groups excluding carboxylic acids is 2. The fourth-order valence-corrected chi connectivity index (χ4v) is 5.63. The molecule has 154 valence electrons. The van der Waals surface area contributed by atoms with E-state index in [1.807, 2.05) is 36.1 Å². The number of thiophene rings is 1. The summed E-state index contributed by atoms with van der Waals surface area (Å²) in [4.78, 5) is 31.9. The molecule has 29 heavy (non-hydrogen) atoms. The van der Waals surface area contributed by atoms with Gasteiger partial charge in [-0.15, -0.1) is 11.3 Å². The minimum atomic E-state index is -0.137. The first kappa shape index (κ1) is 20.1. The Morgan fingerprint density at radius 3 is 2.59 bits per heavy atom. The quantitative estimate of drug-likeness (QED) is 0.835. The fraction of sp³-hybridized carbons (Fsp3) is 0.478. The molecule has 4 rings (SSSR count). The molecular weight excluding hydrogens is 382 g/mol. The highest BCUT2D eigenvalue weighted by molar-refractivity contribution is 7.17. The number of hydrogen-bond acceptors (Lipinski definition) is 4. The van der Waals surface area contributed by atoms with Crippen molar-refractivity contribution in [2.24, 2.45) is 5.92 Å². The first-order chi connectivity index (χ1) is 13.9. The Balaban J connectivity index is 1.67. The van der Waals surface area contributed by atoms with Crippen molar-refractivity contribution in [2.45, 2.75) is 33.1 Å². The first-order valence-electron chi connectivity index (χ1n) is 10.4. The van der Waals surface area contributed by atoms with E-state index in [4.69, 9.17) is 0 Å². The van der Waals surface area contributed by atoms with Gasteiger partial charge in [0.2, 0.25) is 0 Å². The van der Waals surface area contributed by atoms with Crippen molar-refractivity contribution in [3.05, 3.63) is 51.4 Å². The molecule has 2 heterocycles. The van der Waals surface area contributed by atoms with Gasteiger partial charge < -0.3 is 15.1 Å². The zero-order valence-corrected chi connectivity index (χ0v) is 18.3. The van der Waals surface area contributed by atoms with Gasteiger partial charge in [0.25, 0.3) is 11.8 Å². The third kappa shape index (κ3) is 4.09. The van der Waals surface area contributed by atoms with Crippen LogP contribution in [0.4, 0.5) is 5.00 Å². The van der Waals surface area contributed by atoms with Crippen molar-refractivity contribution in [1.82, 2.24) is 9.80 Å². The van der Waals surface area contributed by atoms with E-state index in [0.717, 1.165) is 67.1 Å². The van der Waals surface area contributed by atoms with Crippen molar-refractivity contribution in [3.63, 3.8) is 0 Å². The number of aryl methyl sites for hydroxylation is 1. The number of hydrogen-bond donors (Lipinski definition) is 1. The number of likely N-dealkylation sites (N-methyl/N-ethyl adjacent to an activating group) is 1. The van der Waals surface area contributed by atoms with Crippen LogP contribution in [0, 0.1) is 12.8 Å². The molecule has 1 saturated heterocycles. The molecule has 1 aromatic carbocycles. The van der Waals surface area contributed by atoms with Crippen LogP contribution in [0.3, 0.4) is 0 Å². The average Bonchev–Trinajstić information content (AvgIpc) is 3.05. The van der Waals surface area contributed by atoms with Gasteiger partial charge in [-0.3, -0.25) is 9.59 Å². The van der Waals surface area contributed by atoms with E-state index >= 15 is 0 Å². The van der Waals surface area contributed by atoms with Crippen LogP contribution in [0.5, 0.6) is 0 Å². The molecule has 0 unspecified atom stereocenters. The summed E-state index contributed by atoms with van der Waals surface area (Å²) in [5.74, 6) is 0.556. The lowest BCUT2D eigenvalue weighted by atomic mass is 9.88. The summed E-state index contributed by atoms with van der Waals surface area (Å²) >= 11 is 1.60. The zero-order chi connectivity index (χ0) is 20.5. The van der Waals surface area contributed by atoms with Gasteiger partial charge in [0.05, 0.1) is 5.56 Å². The number of fused-ring (bicyclic) bond motifs is 1. The van der Waals surface area contributed by atoms with Crippen LogP contribution >= 0.6 is 11.3 Å². The molecule has 1 aliphatic heterocycles. The molecule has 1 aromatic heterocycles. The number of rotatable bonds is 3. The summed E-state index contributed by atoms with van der Waals surface area (Å²) < 4.78 is 0. The van der Waals surface area contributed by atoms with Crippen LogP contribution in [-0.2, 0) is 12.8 Å². The van der Waals surface area contributed by atoms with Crippen LogP contribution in [-0.4, -0.2) is 54.8 Å². The maximum Gasteiger partial charge on any atom is 0.257 e. The molecule has 1 N–H and O–H groups in total. The lowest BCUT2D eigenvalue weighted by Gasteiger charge is -2.33. The predicted octanol–water partition coefficient (Wildman–Crippen LogP) is 3.82. The van der Waals surface area contributed by atoms with Gasteiger partial charge >= 0.3 is 0 Å². The summed E-state index contributed by atoms with van der Waals surface area (Å²) in [5.41, 5.74) is 3.50. The zero-order valence-electron chi connectivity index (χ0n) is 17.5. The van der Waals surface area contributed by atoms with E-state index < -0.39 is 0 Å². The number of carbonyl (C=O) groups is 2. The lowest BCUT2D eigenvalue weighted by molar-refractivity contribution is 0.0664. The molecule has 0 radical (unpaired) electrons. The van der Waals surface area contributed by atoms with Crippen LogP contribution in [0.15, 0.2) is 24.3 Å². The predicted molar refractivity (Wildman–Crippen MR) is 118 cm³/mol. The second-order valence-electron chi connectivity index (χ2n) is 8.42. The van der Waals surface area contributed by atoms with Gasteiger partial charge in [-0.1, -0.05) is 25.1 Å². The van der Waals surface area contributed by atoms with E-state index in [-0.39, 0.29) is 11.8 Å². The van der Waals surface area contributed by atoms with Crippen molar-refractivity contribution < 1.29 is 9.59 Å². The number of piperazine rings is 1. The summed E-state index contributed by atoms with van der Waals surface area (Å²) in [6.45, 7) is 7.45. The Kier molecular flexibility index (Phi) is 5.74. The Morgan fingerprint density at radius 2 is 1.86 bits per heavy atom. The highest BCUT2D eigenvalue weighted by Crippen LogP contribution is 2.40. The van der Waals surface area contributed by atoms with Gasteiger partial charge in [-0.25, -0.2) is 0 Å². The Labute approximate surface area is 176 Å². The standard InChI is InChI=1S/C23H29N3O2S/c1-15-8-9-18-19(14-15)29-22(24-21(27)17-7-5-4-6-16(17)2)20(18)23(28)26-12-10-25(3)11-13-26/h4-7,15H,8-14H2,1-3H3,(H,24,27)/t15-/m0/s1. The molecule has 1 fully saturated rings. The van der Waals surface area contributed by atoms with E-state index in [9.17, 15) is 9.59 Å². The minimum absolute atomic E-state index is 0.0743.